The maximum Gasteiger partial charge on any atom is 0.112 e. The minimum Gasteiger partial charge on any atom is -0.399 e. The zero-order valence-corrected chi connectivity index (χ0v) is 13.4. The highest BCUT2D eigenvalue weighted by molar-refractivity contribution is 5.80. The van der Waals surface area contributed by atoms with Crippen LogP contribution in [0.5, 0.6) is 0 Å². The van der Waals surface area contributed by atoms with E-state index < -0.39 is 0 Å². The molecule has 1 unspecified atom stereocenters. The van der Waals surface area contributed by atoms with Gasteiger partial charge in [0, 0.05) is 17.6 Å². The minimum absolute atomic E-state index is 0.417. The Bertz CT molecular complexity index is 579. The van der Waals surface area contributed by atoms with Crippen molar-refractivity contribution in [2.45, 2.75) is 59.4 Å². The molecule has 2 rings (SSSR count). The van der Waals surface area contributed by atoms with Crippen LogP contribution in [0.4, 0.5) is 5.69 Å². The topological polar surface area (TPSA) is 43.8 Å². The first-order valence-corrected chi connectivity index (χ1v) is 7.76. The number of anilines is 1. The first-order valence-electron chi connectivity index (χ1n) is 7.76. The van der Waals surface area contributed by atoms with Crippen LogP contribution in [0.25, 0.3) is 11.0 Å². The van der Waals surface area contributed by atoms with Crippen molar-refractivity contribution in [1.82, 2.24) is 9.55 Å². The molecular formula is C17H27N3. The van der Waals surface area contributed by atoms with Gasteiger partial charge in [0.15, 0.2) is 0 Å². The smallest absolute Gasteiger partial charge is 0.112 e. The minimum atomic E-state index is 0.417. The number of nitrogen functional groups attached to an aromatic ring is 1. The second-order valence-corrected chi connectivity index (χ2v) is 6.06. The predicted octanol–water partition coefficient (Wildman–Crippen LogP) is 4.74. The third kappa shape index (κ3) is 2.54. The molecule has 0 saturated heterocycles. The normalized spacial score (nSPS) is 13.6. The zero-order chi connectivity index (χ0) is 14.9. The van der Waals surface area contributed by atoms with Crippen LogP contribution in [-0.4, -0.2) is 9.55 Å². The van der Waals surface area contributed by atoms with E-state index in [9.17, 15) is 0 Å². The van der Waals surface area contributed by atoms with E-state index in [1.54, 1.807) is 0 Å². The van der Waals surface area contributed by atoms with Crippen LogP contribution in [0.3, 0.4) is 0 Å². The number of benzene rings is 1. The van der Waals surface area contributed by atoms with Gasteiger partial charge in [0.25, 0.3) is 0 Å². The molecule has 3 heteroatoms. The van der Waals surface area contributed by atoms with E-state index in [4.69, 9.17) is 10.7 Å². The number of imidazole rings is 1. The Morgan fingerprint density at radius 3 is 2.35 bits per heavy atom. The summed E-state index contributed by atoms with van der Waals surface area (Å²) < 4.78 is 2.43. The van der Waals surface area contributed by atoms with Gasteiger partial charge in [-0.25, -0.2) is 4.98 Å². The largest absolute Gasteiger partial charge is 0.399 e. The number of nitrogens with zero attached hydrogens (tertiary/aromatic N) is 2. The number of nitrogens with two attached hydrogens (primary N) is 1. The Hall–Kier alpha value is -1.51. The van der Waals surface area contributed by atoms with Crippen LogP contribution < -0.4 is 5.73 Å². The SMILES string of the molecule is CCC(CC)C(C)n1c(C(C)C)nc2cc(N)ccc21. The summed E-state index contributed by atoms with van der Waals surface area (Å²) in [4.78, 5) is 4.83. The standard InChI is InChI=1S/C17H27N3/c1-6-13(7-2)12(5)20-16-9-8-14(18)10-15(16)19-17(20)11(3)4/h8-13H,6-7,18H2,1-5H3. The third-order valence-corrected chi connectivity index (χ3v) is 4.40. The van der Waals surface area contributed by atoms with Crippen LogP contribution in [0, 0.1) is 5.92 Å². The van der Waals surface area contributed by atoms with Crippen molar-refractivity contribution in [2.75, 3.05) is 5.73 Å². The number of aromatic nitrogens is 2. The molecule has 0 spiro atoms. The maximum atomic E-state index is 5.90. The third-order valence-electron chi connectivity index (χ3n) is 4.40. The summed E-state index contributed by atoms with van der Waals surface area (Å²) in [5.74, 6) is 2.27. The second-order valence-electron chi connectivity index (χ2n) is 6.06. The predicted molar refractivity (Wildman–Crippen MR) is 87.0 cm³/mol. The fourth-order valence-electron chi connectivity index (χ4n) is 3.15. The van der Waals surface area contributed by atoms with Crippen molar-refractivity contribution in [2.24, 2.45) is 5.92 Å². The lowest BCUT2D eigenvalue weighted by atomic mass is 9.94. The molecule has 0 amide bonds. The van der Waals surface area contributed by atoms with Gasteiger partial charge in [-0.15, -0.1) is 0 Å². The van der Waals surface area contributed by atoms with Gasteiger partial charge >= 0.3 is 0 Å². The molecule has 0 aliphatic heterocycles. The molecule has 0 saturated carbocycles. The molecule has 2 N–H and O–H groups in total. The highest BCUT2D eigenvalue weighted by Crippen LogP contribution is 2.32. The summed E-state index contributed by atoms with van der Waals surface area (Å²) in [6.07, 6.45) is 2.40. The molecule has 0 aliphatic carbocycles. The lowest BCUT2D eigenvalue weighted by Crippen LogP contribution is -2.18. The average Bonchev–Trinajstić information content (AvgIpc) is 2.78. The number of rotatable bonds is 5. The molecule has 20 heavy (non-hydrogen) atoms. The maximum absolute atomic E-state index is 5.90. The lowest BCUT2D eigenvalue weighted by Gasteiger charge is -2.26. The first-order chi connectivity index (χ1) is 9.49. The van der Waals surface area contributed by atoms with Gasteiger partial charge in [0.05, 0.1) is 11.0 Å². The Kier molecular flexibility index (Phi) is 4.36. The molecule has 110 valence electrons. The molecule has 1 aromatic heterocycles. The molecular weight excluding hydrogens is 246 g/mol. The molecule has 1 heterocycles. The number of hydrogen-bond donors (Lipinski definition) is 1. The van der Waals surface area contributed by atoms with Crippen molar-refractivity contribution in [1.29, 1.82) is 0 Å². The van der Waals surface area contributed by atoms with E-state index in [1.165, 1.54) is 24.2 Å². The first kappa shape index (κ1) is 14.9. The van der Waals surface area contributed by atoms with Crippen molar-refractivity contribution in [3.05, 3.63) is 24.0 Å². The van der Waals surface area contributed by atoms with E-state index in [0.717, 1.165) is 11.2 Å². The van der Waals surface area contributed by atoms with Crippen molar-refractivity contribution >= 4 is 16.7 Å². The Morgan fingerprint density at radius 2 is 1.80 bits per heavy atom. The fourth-order valence-corrected chi connectivity index (χ4v) is 3.15. The van der Waals surface area contributed by atoms with Gasteiger partial charge in [-0.2, -0.15) is 0 Å². The summed E-state index contributed by atoms with van der Waals surface area (Å²) in [5, 5.41) is 0. The van der Waals surface area contributed by atoms with Crippen LogP contribution in [0.2, 0.25) is 0 Å². The van der Waals surface area contributed by atoms with Gasteiger partial charge in [0.1, 0.15) is 5.82 Å². The molecule has 0 aliphatic rings. The number of fused-ring (bicyclic) bond motifs is 1. The average molecular weight is 273 g/mol. The van der Waals surface area contributed by atoms with Gasteiger partial charge < -0.3 is 10.3 Å². The van der Waals surface area contributed by atoms with Gasteiger partial charge in [-0.3, -0.25) is 0 Å². The Balaban J connectivity index is 2.62. The van der Waals surface area contributed by atoms with Gasteiger partial charge in [-0.1, -0.05) is 40.5 Å². The zero-order valence-electron chi connectivity index (χ0n) is 13.4. The van der Waals surface area contributed by atoms with E-state index >= 15 is 0 Å². The summed E-state index contributed by atoms with van der Waals surface area (Å²) >= 11 is 0. The molecule has 1 atom stereocenters. The summed E-state index contributed by atoms with van der Waals surface area (Å²) in [6.45, 7) is 11.3. The molecule has 0 bridgehead atoms. The molecule has 1 aromatic carbocycles. The highest BCUT2D eigenvalue weighted by Gasteiger charge is 2.22. The molecule has 2 aromatic rings. The van der Waals surface area contributed by atoms with E-state index in [1.807, 2.05) is 12.1 Å². The van der Waals surface area contributed by atoms with Crippen molar-refractivity contribution in [3.8, 4) is 0 Å². The number of hydrogen-bond acceptors (Lipinski definition) is 2. The molecule has 3 nitrogen and oxygen atoms in total. The van der Waals surface area contributed by atoms with Gasteiger partial charge in [0.2, 0.25) is 0 Å². The fraction of sp³-hybridized carbons (Fsp3) is 0.588. The summed E-state index contributed by atoms with van der Waals surface area (Å²) in [6, 6.07) is 6.54. The van der Waals surface area contributed by atoms with Crippen LogP contribution >= 0.6 is 0 Å². The van der Waals surface area contributed by atoms with Crippen molar-refractivity contribution < 1.29 is 0 Å². The van der Waals surface area contributed by atoms with Crippen LogP contribution in [-0.2, 0) is 0 Å². The van der Waals surface area contributed by atoms with Crippen molar-refractivity contribution in [3.63, 3.8) is 0 Å². The van der Waals surface area contributed by atoms with Crippen LogP contribution in [0.15, 0.2) is 18.2 Å². The van der Waals surface area contributed by atoms with Gasteiger partial charge in [-0.05, 0) is 31.0 Å². The monoisotopic (exact) mass is 273 g/mol. The highest BCUT2D eigenvalue weighted by atomic mass is 15.1. The quantitative estimate of drug-likeness (QED) is 0.800. The summed E-state index contributed by atoms with van der Waals surface area (Å²) in [5.41, 5.74) is 8.91. The van der Waals surface area contributed by atoms with Crippen LogP contribution in [0.1, 0.15) is 65.2 Å². The molecule has 0 radical (unpaired) electrons. The van der Waals surface area contributed by atoms with E-state index in [2.05, 4.69) is 45.3 Å². The second kappa shape index (κ2) is 5.86. The van der Waals surface area contributed by atoms with E-state index in [-0.39, 0.29) is 0 Å². The summed E-state index contributed by atoms with van der Waals surface area (Å²) in [7, 11) is 0. The van der Waals surface area contributed by atoms with E-state index in [0.29, 0.717) is 17.9 Å². The Morgan fingerprint density at radius 1 is 1.15 bits per heavy atom. The lowest BCUT2D eigenvalue weighted by molar-refractivity contribution is 0.330. The Labute approximate surface area is 122 Å². The molecule has 0 fully saturated rings.